The van der Waals surface area contributed by atoms with Gasteiger partial charge in [0.25, 0.3) is 0 Å². The summed E-state index contributed by atoms with van der Waals surface area (Å²) in [5.74, 6) is -0.0382. The van der Waals surface area contributed by atoms with E-state index in [1.165, 1.54) is 12.1 Å². The van der Waals surface area contributed by atoms with Crippen LogP contribution in [0.1, 0.15) is 28.9 Å². The summed E-state index contributed by atoms with van der Waals surface area (Å²) in [6, 6.07) is 10.6. The monoisotopic (exact) mass is 371 g/mol. The van der Waals surface area contributed by atoms with Gasteiger partial charge >= 0.3 is 0 Å². The maximum absolute atomic E-state index is 13.1. The fourth-order valence-corrected chi connectivity index (χ4v) is 3.36. The Morgan fingerprint density at radius 3 is 2.61 bits per heavy atom. The summed E-state index contributed by atoms with van der Waals surface area (Å²) in [6.07, 6.45) is 1.78. The third-order valence-corrected chi connectivity index (χ3v) is 4.83. The molecule has 1 heterocycles. The first-order valence-electron chi connectivity index (χ1n) is 5.59. The van der Waals surface area contributed by atoms with Crippen LogP contribution in [0.5, 0.6) is 0 Å². The molecule has 0 amide bonds. The minimum absolute atomic E-state index is 0.0855. The van der Waals surface area contributed by atoms with E-state index in [2.05, 4.69) is 43.8 Å². The third kappa shape index (κ3) is 2.98. The Bertz CT molecular complexity index is 531. The highest BCUT2D eigenvalue weighted by molar-refractivity contribution is 9.11. The lowest BCUT2D eigenvalue weighted by molar-refractivity contribution is 0.624. The van der Waals surface area contributed by atoms with Crippen molar-refractivity contribution >= 4 is 31.9 Å². The lowest BCUT2D eigenvalue weighted by Gasteiger charge is -2.19. The van der Waals surface area contributed by atoms with E-state index >= 15 is 0 Å². The largest absolute Gasteiger partial charge is 0.261 e. The van der Waals surface area contributed by atoms with Crippen molar-refractivity contribution in [3.05, 3.63) is 64.1 Å². The summed E-state index contributed by atoms with van der Waals surface area (Å²) in [5, 5.41) is 0. The van der Waals surface area contributed by atoms with Gasteiger partial charge in [0.05, 0.1) is 0 Å². The van der Waals surface area contributed by atoms with E-state index in [4.69, 9.17) is 0 Å². The van der Waals surface area contributed by atoms with Gasteiger partial charge < -0.3 is 0 Å². The maximum atomic E-state index is 13.1. The number of benzene rings is 1. The molecule has 2 atom stereocenters. The molecule has 0 N–H and O–H groups in total. The van der Waals surface area contributed by atoms with Gasteiger partial charge in [0.1, 0.15) is 5.82 Å². The Balaban J connectivity index is 2.28. The lowest BCUT2D eigenvalue weighted by Crippen LogP contribution is -2.04. The highest BCUT2D eigenvalue weighted by atomic mass is 79.9. The highest BCUT2D eigenvalue weighted by Crippen LogP contribution is 2.40. The summed E-state index contributed by atoms with van der Waals surface area (Å²) in [4.78, 5) is 4.44. The summed E-state index contributed by atoms with van der Waals surface area (Å²) in [6.45, 7) is 2.09. The number of rotatable bonds is 3. The predicted molar refractivity (Wildman–Crippen MR) is 78.4 cm³/mol. The second-order valence-electron chi connectivity index (χ2n) is 4.11. The van der Waals surface area contributed by atoms with Crippen molar-refractivity contribution in [1.82, 2.24) is 4.98 Å². The van der Waals surface area contributed by atoms with Crippen LogP contribution in [-0.4, -0.2) is 4.98 Å². The molecule has 2 rings (SSSR count). The summed E-state index contributed by atoms with van der Waals surface area (Å²) in [7, 11) is 0. The molecule has 0 saturated carbocycles. The van der Waals surface area contributed by atoms with Gasteiger partial charge in [-0.05, 0) is 29.8 Å². The van der Waals surface area contributed by atoms with Crippen LogP contribution in [0.15, 0.2) is 47.1 Å². The second kappa shape index (κ2) is 5.93. The van der Waals surface area contributed by atoms with Crippen LogP contribution >= 0.6 is 31.9 Å². The van der Waals surface area contributed by atoms with Gasteiger partial charge in [-0.1, -0.05) is 50.9 Å². The molecule has 2 unspecified atom stereocenters. The van der Waals surface area contributed by atoms with Gasteiger partial charge in [-0.3, -0.25) is 4.98 Å². The lowest BCUT2D eigenvalue weighted by atomic mass is 9.97. The van der Waals surface area contributed by atoms with Crippen LogP contribution in [0.25, 0.3) is 0 Å². The smallest absolute Gasteiger partial charge is 0.124 e. The Labute approximate surface area is 123 Å². The van der Waals surface area contributed by atoms with Gasteiger partial charge in [0.15, 0.2) is 0 Å². The Morgan fingerprint density at radius 2 is 2.00 bits per heavy atom. The zero-order chi connectivity index (χ0) is 13.1. The second-order valence-corrected chi connectivity index (χ2v) is 5.95. The number of pyridine rings is 1. The average Bonchev–Trinajstić information content (AvgIpc) is 2.38. The van der Waals surface area contributed by atoms with Crippen molar-refractivity contribution in [2.45, 2.75) is 17.7 Å². The first kappa shape index (κ1) is 13.7. The Hall–Kier alpha value is -0.740. The number of alkyl halides is 1. The van der Waals surface area contributed by atoms with Crippen LogP contribution < -0.4 is 0 Å². The normalized spacial score (nSPS) is 14.2. The third-order valence-electron chi connectivity index (χ3n) is 2.85. The molecule has 0 saturated heterocycles. The number of halogens is 3. The average molecular weight is 373 g/mol. The molecule has 2 aromatic rings. The number of nitrogens with zero attached hydrogens (tertiary/aromatic N) is 1. The molecule has 1 nitrogen and oxygen atoms in total. The first-order valence-corrected chi connectivity index (χ1v) is 7.30. The molecule has 0 aliphatic heterocycles. The van der Waals surface area contributed by atoms with E-state index in [1.54, 1.807) is 12.3 Å². The van der Waals surface area contributed by atoms with E-state index in [-0.39, 0.29) is 16.6 Å². The Kier molecular flexibility index (Phi) is 4.51. The number of hydrogen-bond donors (Lipinski definition) is 0. The van der Waals surface area contributed by atoms with Gasteiger partial charge in [-0.2, -0.15) is 0 Å². The van der Waals surface area contributed by atoms with Crippen LogP contribution in [0.2, 0.25) is 0 Å². The molecule has 0 spiro atoms. The minimum Gasteiger partial charge on any atom is -0.261 e. The van der Waals surface area contributed by atoms with Crippen LogP contribution in [0.4, 0.5) is 4.39 Å². The first-order chi connectivity index (χ1) is 8.59. The molecule has 94 valence electrons. The van der Waals surface area contributed by atoms with Gasteiger partial charge in [-0.25, -0.2) is 4.39 Å². The Morgan fingerprint density at radius 1 is 1.22 bits per heavy atom. The minimum atomic E-state index is -0.240. The molecule has 0 aliphatic rings. The van der Waals surface area contributed by atoms with Crippen LogP contribution in [0, 0.1) is 5.82 Å². The predicted octanol–water partition coefficient (Wildman–Crippen LogP) is 5.22. The summed E-state index contributed by atoms with van der Waals surface area (Å²) < 4.78 is 13.8. The quantitative estimate of drug-likeness (QED) is 0.673. The summed E-state index contributed by atoms with van der Waals surface area (Å²) >= 11 is 7.07. The molecular weight excluding hydrogens is 361 g/mol. The van der Waals surface area contributed by atoms with E-state index in [9.17, 15) is 4.39 Å². The van der Waals surface area contributed by atoms with Crippen molar-refractivity contribution in [3.8, 4) is 0 Å². The molecule has 4 heteroatoms. The van der Waals surface area contributed by atoms with Crippen molar-refractivity contribution in [2.24, 2.45) is 0 Å². The van der Waals surface area contributed by atoms with Crippen molar-refractivity contribution in [1.29, 1.82) is 0 Å². The van der Waals surface area contributed by atoms with Crippen LogP contribution in [0.3, 0.4) is 0 Å². The molecule has 18 heavy (non-hydrogen) atoms. The molecule has 1 aromatic heterocycles. The molecule has 0 fully saturated rings. The molecule has 1 aromatic carbocycles. The number of hydrogen-bond acceptors (Lipinski definition) is 1. The van der Waals surface area contributed by atoms with E-state index in [0.717, 1.165) is 15.7 Å². The van der Waals surface area contributed by atoms with Crippen molar-refractivity contribution in [2.75, 3.05) is 0 Å². The zero-order valence-electron chi connectivity index (χ0n) is 9.78. The molecule has 0 bridgehead atoms. The van der Waals surface area contributed by atoms with E-state index in [0.29, 0.717) is 0 Å². The highest BCUT2D eigenvalue weighted by Gasteiger charge is 2.21. The standard InChI is InChI=1S/C14H12Br2FN/c1-9(13-4-2-3-7-18-13)14(16)11-6-5-10(17)8-12(11)15/h2-9,14H,1H3. The van der Waals surface area contributed by atoms with Gasteiger partial charge in [0.2, 0.25) is 0 Å². The topological polar surface area (TPSA) is 12.9 Å². The number of aromatic nitrogens is 1. The fourth-order valence-electron chi connectivity index (χ4n) is 1.79. The molecular formula is C14H12Br2FN. The maximum Gasteiger partial charge on any atom is 0.124 e. The van der Waals surface area contributed by atoms with Gasteiger partial charge in [-0.15, -0.1) is 0 Å². The van der Waals surface area contributed by atoms with Crippen molar-refractivity contribution < 1.29 is 4.39 Å². The summed E-state index contributed by atoms with van der Waals surface area (Å²) in [5.41, 5.74) is 2.03. The van der Waals surface area contributed by atoms with Gasteiger partial charge in [0, 0.05) is 27.1 Å². The fraction of sp³-hybridized carbons (Fsp3) is 0.214. The SMILES string of the molecule is CC(c1ccccn1)C(Br)c1ccc(F)cc1Br. The molecule has 0 radical (unpaired) electrons. The van der Waals surface area contributed by atoms with E-state index in [1.807, 2.05) is 18.2 Å². The molecule has 0 aliphatic carbocycles. The van der Waals surface area contributed by atoms with E-state index < -0.39 is 0 Å². The van der Waals surface area contributed by atoms with Crippen LogP contribution in [-0.2, 0) is 0 Å². The zero-order valence-corrected chi connectivity index (χ0v) is 12.9. The van der Waals surface area contributed by atoms with Crippen molar-refractivity contribution in [3.63, 3.8) is 0 Å².